The number of fused-ring (bicyclic) bond motifs is 4. The summed E-state index contributed by atoms with van der Waals surface area (Å²) >= 11 is 27.0. The number of aliphatic carboxylic acids is 1. The summed E-state index contributed by atoms with van der Waals surface area (Å²) in [5.41, 5.74) is 11.5. The van der Waals surface area contributed by atoms with Crippen molar-refractivity contribution in [1.29, 1.82) is 0 Å². The van der Waals surface area contributed by atoms with Crippen LogP contribution in [0.2, 0.25) is 10.0 Å². The number of hydrogen-bond acceptors (Lipinski definition) is 5. The molecule has 5 aromatic rings. The number of nitrogens with one attached hydrogen (secondary N) is 1. The van der Waals surface area contributed by atoms with Gasteiger partial charge in [0.25, 0.3) is 0 Å². The third-order valence-electron chi connectivity index (χ3n) is 10.8. The average Bonchev–Trinajstić information content (AvgIpc) is 3.45. The van der Waals surface area contributed by atoms with E-state index in [1.807, 2.05) is 36.7 Å². The van der Waals surface area contributed by atoms with Gasteiger partial charge in [-0.15, -0.1) is 0 Å². The number of aromatic nitrogens is 2. The Morgan fingerprint density at radius 1 is 0.772 bits per heavy atom. The molecule has 298 valence electrons. The fourth-order valence-electron chi connectivity index (χ4n) is 8.19. The van der Waals surface area contributed by atoms with Crippen LogP contribution in [0.4, 0.5) is 0 Å². The van der Waals surface area contributed by atoms with Crippen LogP contribution in [0.3, 0.4) is 0 Å². The van der Waals surface area contributed by atoms with Gasteiger partial charge in [-0.25, -0.2) is 0 Å². The summed E-state index contributed by atoms with van der Waals surface area (Å²) < 4.78 is 4.36. The van der Waals surface area contributed by atoms with Gasteiger partial charge in [-0.1, -0.05) is 105 Å². The van der Waals surface area contributed by atoms with Crippen LogP contribution in [0, 0.1) is 5.92 Å². The van der Waals surface area contributed by atoms with Gasteiger partial charge >= 0.3 is 0 Å². The molecule has 1 fully saturated rings. The Balaban J connectivity index is 0.000000150. The molecule has 3 aliphatic rings. The minimum atomic E-state index is -1.27. The molecule has 2 aromatic heterocycles. The lowest BCUT2D eigenvalue weighted by Gasteiger charge is -2.32. The number of carboxylic acid groups (broad SMARTS) is 1. The summed E-state index contributed by atoms with van der Waals surface area (Å²) in [7, 11) is 0. The van der Waals surface area contributed by atoms with Crippen LogP contribution in [-0.4, -0.2) is 27.9 Å². The van der Waals surface area contributed by atoms with Crippen LogP contribution >= 0.6 is 86.9 Å². The van der Waals surface area contributed by atoms with Crippen LogP contribution in [-0.2, 0) is 48.1 Å². The number of hydrogen-bond donors (Lipinski definition) is 1. The highest BCUT2D eigenvalue weighted by Gasteiger charge is 2.34. The van der Waals surface area contributed by atoms with Gasteiger partial charge in [0.1, 0.15) is 0 Å². The normalized spacial score (nSPS) is 16.3. The maximum atomic E-state index is 10.7. The standard InChI is InChI=1S/C20H20Br2ClN.C14H10Br2ClN.C11H13NO3/c21-15-8-14-7-6-13-9-16(23)10-17(22)18(13)19(20(14)24-11-15)12-4-2-1-3-5-12;15-10-3-9-2-1-8-4-11(17)5-13(16)12(8)6-14(9)18-7-10;1-8(13)12-10(11(14)15)7-9-5-3-2-4-6-9/h8-12,19H,1-7H2;3-5,7H,1-2,6H2;2-6,10H,7H2,1H3,(H,12,13)(H,14,15)/p-1/t19-;;/m1../s1. The third kappa shape index (κ3) is 11.8. The molecular formula is C45H42Br4Cl2N3O3-. The fraction of sp³-hybridized carbons (Fsp3) is 0.333. The highest BCUT2D eigenvalue weighted by atomic mass is 79.9. The van der Waals surface area contributed by atoms with E-state index in [4.69, 9.17) is 28.2 Å². The van der Waals surface area contributed by atoms with Crippen molar-refractivity contribution < 1.29 is 14.7 Å². The molecule has 1 saturated carbocycles. The lowest BCUT2D eigenvalue weighted by molar-refractivity contribution is -0.308. The van der Waals surface area contributed by atoms with Crippen molar-refractivity contribution in [3.8, 4) is 0 Å². The van der Waals surface area contributed by atoms with E-state index in [1.165, 1.54) is 83.8 Å². The van der Waals surface area contributed by atoms with Crippen molar-refractivity contribution in [1.82, 2.24) is 15.3 Å². The van der Waals surface area contributed by atoms with Crippen LogP contribution in [0.5, 0.6) is 0 Å². The number of benzene rings is 3. The lowest BCUT2D eigenvalue weighted by atomic mass is 9.74. The molecule has 0 radical (unpaired) electrons. The van der Waals surface area contributed by atoms with Gasteiger partial charge in [0, 0.05) is 65.3 Å². The Morgan fingerprint density at radius 2 is 1.37 bits per heavy atom. The van der Waals surface area contributed by atoms with Crippen molar-refractivity contribution >= 4 is 98.8 Å². The molecule has 3 aromatic carbocycles. The second kappa shape index (κ2) is 20.6. The molecule has 0 aliphatic heterocycles. The zero-order valence-corrected chi connectivity index (χ0v) is 39.3. The monoisotopic (exact) mass is 1060 g/mol. The van der Waals surface area contributed by atoms with Crippen molar-refractivity contribution in [2.24, 2.45) is 5.92 Å². The van der Waals surface area contributed by atoms with Crippen molar-refractivity contribution in [2.45, 2.75) is 89.5 Å². The zero-order chi connectivity index (χ0) is 40.6. The van der Waals surface area contributed by atoms with Gasteiger partial charge in [-0.3, -0.25) is 14.8 Å². The van der Waals surface area contributed by atoms with E-state index in [0.29, 0.717) is 11.8 Å². The molecule has 8 rings (SSSR count). The number of nitrogens with zero attached hydrogens (tertiary/aromatic N) is 2. The molecule has 0 bridgehead atoms. The molecule has 12 heteroatoms. The summed E-state index contributed by atoms with van der Waals surface area (Å²) in [4.78, 5) is 30.9. The smallest absolute Gasteiger partial charge is 0.217 e. The third-order valence-corrected chi connectivity index (χ3v) is 13.4. The largest absolute Gasteiger partial charge is 0.548 e. The average molecular weight is 1060 g/mol. The minimum Gasteiger partial charge on any atom is -0.548 e. The first kappa shape index (κ1) is 44.0. The van der Waals surface area contributed by atoms with Gasteiger partial charge in [0.2, 0.25) is 5.91 Å². The molecule has 0 spiro atoms. The number of aryl methyl sites for hydroxylation is 4. The molecule has 0 saturated heterocycles. The highest BCUT2D eigenvalue weighted by molar-refractivity contribution is 9.11. The zero-order valence-electron chi connectivity index (χ0n) is 31.4. The van der Waals surface area contributed by atoms with E-state index in [2.05, 4.69) is 104 Å². The van der Waals surface area contributed by atoms with Crippen LogP contribution < -0.4 is 10.4 Å². The minimum absolute atomic E-state index is 0.239. The predicted molar refractivity (Wildman–Crippen MR) is 241 cm³/mol. The number of halogens is 6. The molecule has 6 nitrogen and oxygen atoms in total. The van der Waals surface area contributed by atoms with Gasteiger partial charge in [0.15, 0.2) is 0 Å². The maximum absolute atomic E-state index is 10.7. The quantitative estimate of drug-likeness (QED) is 0.189. The van der Waals surface area contributed by atoms with E-state index >= 15 is 0 Å². The second-order valence-corrected chi connectivity index (χ2v) is 19.2. The fourth-order valence-corrected chi connectivity index (χ4v) is 11.1. The summed E-state index contributed by atoms with van der Waals surface area (Å²) in [6.07, 6.45) is 15.7. The van der Waals surface area contributed by atoms with E-state index < -0.39 is 12.0 Å². The Morgan fingerprint density at radius 3 is 2.05 bits per heavy atom. The van der Waals surface area contributed by atoms with Crippen molar-refractivity contribution in [2.75, 3.05) is 0 Å². The lowest BCUT2D eigenvalue weighted by Crippen LogP contribution is -2.48. The summed E-state index contributed by atoms with van der Waals surface area (Å²) in [6.45, 7) is 1.28. The SMILES string of the molecule is CC(=O)NC(Cc1ccccc1)C(=O)[O-].Clc1cc(Br)c2c(c1)CCc1cc(Br)cnc1C2.Clc1cc(Br)c2c(c1)CCc1cc(Br)cnc1[C@@H]2C1CCCCC1. The van der Waals surface area contributed by atoms with Crippen molar-refractivity contribution in [3.63, 3.8) is 0 Å². The molecule has 2 atom stereocenters. The molecular weight excluding hydrogens is 1020 g/mol. The molecule has 1 unspecified atom stereocenters. The van der Waals surface area contributed by atoms with E-state index in [-0.39, 0.29) is 12.3 Å². The topological polar surface area (TPSA) is 95.0 Å². The van der Waals surface area contributed by atoms with Gasteiger partial charge in [-0.05, 0) is 158 Å². The summed E-state index contributed by atoms with van der Waals surface area (Å²) in [5, 5.41) is 14.7. The first-order valence-electron chi connectivity index (χ1n) is 19.1. The number of carbonyl (C=O) groups is 2. The van der Waals surface area contributed by atoms with Crippen LogP contribution in [0.15, 0.2) is 97.0 Å². The number of carbonyl (C=O) groups excluding carboxylic acids is 2. The Hall–Kier alpha value is -2.60. The summed E-state index contributed by atoms with van der Waals surface area (Å²) in [6, 6.07) is 20.8. The first-order valence-corrected chi connectivity index (χ1v) is 23.0. The van der Waals surface area contributed by atoms with E-state index in [0.717, 1.165) is 65.6 Å². The van der Waals surface area contributed by atoms with Gasteiger partial charge < -0.3 is 15.2 Å². The predicted octanol–water partition coefficient (Wildman–Crippen LogP) is 11.5. The van der Waals surface area contributed by atoms with E-state index in [9.17, 15) is 14.7 Å². The maximum Gasteiger partial charge on any atom is 0.217 e. The Kier molecular flexibility index (Phi) is 15.9. The number of amides is 1. The molecule has 1 amide bonds. The van der Waals surface area contributed by atoms with Crippen molar-refractivity contribution in [3.05, 3.63) is 157 Å². The van der Waals surface area contributed by atoms with Gasteiger partial charge in [-0.2, -0.15) is 0 Å². The second-order valence-electron chi connectivity index (χ2n) is 14.8. The van der Waals surface area contributed by atoms with E-state index in [1.54, 1.807) is 12.1 Å². The number of carboxylic acids is 1. The molecule has 3 aliphatic carbocycles. The number of rotatable bonds is 5. The number of pyridine rings is 2. The Bertz CT molecular complexity index is 2230. The van der Waals surface area contributed by atoms with Crippen LogP contribution in [0.1, 0.15) is 95.3 Å². The summed E-state index contributed by atoms with van der Waals surface area (Å²) in [5.74, 6) is -0.577. The molecule has 57 heavy (non-hydrogen) atoms. The molecule has 1 N–H and O–H groups in total. The first-order chi connectivity index (χ1) is 27.4. The molecule has 2 heterocycles. The van der Waals surface area contributed by atoms with Crippen LogP contribution in [0.25, 0.3) is 0 Å². The Labute approximate surface area is 378 Å². The highest BCUT2D eigenvalue weighted by Crippen LogP contribution is 2.47. The van der Waals surface area contributed by atoms with Gasteiger partial charge in [0.05, 0.1) is 17.7 Å².